The SMILES string of the molecule is Cn1cc(NC(=O)OCC2c3ccccc3-c3ccccc32)c(C(=O)N2CC3CC3(C(=O)O)C2)n1. The van der Waals surface area contributed by atoms with Crippen LogP contribution in [0.5, 0.6) is 0 Å². The second kappa shape index (κ2) is 7.69. The van der Waals surface area contributed by atoms with Crippen LogP contribution in [0.4, 0.5) is 10.5 Å². The second-order valence-electron chi connectivity index (χ2n) is 9.56. The lowest BCUT2D eigenvalue weighted by atomic mass is 9.98. The molecule has 9 heteroatoms. The van der Waals surface area contributed by atoms with Crippen molar-refractivity contribution in [2.45, 2.75) is 12.3 Å². The maximum absolute atomic E-state index is 13.1. The monoisotopic (exact) mass is 472 g/mol. The molecule has 2 aromatic carbocycles. The number of anilines is 1. The second-order valence-corrected chi connectivity index (χ2v) is 9.56. The summed E-state index contributed by atoms with van der Waals surface area (Å²) >= 11 is 0. The zero-order chi connectivity index (χ0) is 24.3. The van der Waals surface area contributed by atoms with Gasteiger partial charge in [-0.1, -0.05) is 48.5 Å². The molecule has 2 fully saturated rings. The molecule has 2 amide bonds. The van der Waals surface area contributed by atoms with Crippen LogP contribution >= 0.6 is 0 Å². The molecular formula is C26H24N4O5. The van der Waals surface area contributed by atoms with Crippen LogP contribution in [-0.4, -0.2) is 57.5 Å². The molecule has 1 saturated carbocycles. The number of carboxylic acid groups (broad SMARTS) is 1. The molecule has 0 radical (unpaired) electrons. The van der Waals surface area contributed by atoms with Gasteiger partial charge < -0.3 is 14.7 Å². The molecule has 3 aliphatic rings. The van der Waals surface area contributed by atoms with E-state index in [2.05, 4.69) is 22.5 Å². The third-order valence-corrected chi connectivity index (χ3v) is 7.47. The van der Waals surface area contributed by atoms with E-state index in [0.29, 0.717) is 13.0 Å². The summed E-state index contributed by atoms with van der Waals surface area (Å²) in [6, 6.07) is 16.2. The standard InChI is InChI=1S/C26H24N4O5/c1-29-12-21(22(28-29)23(31)30-11-15-10-26(15,14-30)24(32)33)27-25(34)35-13-20-18-8-4-2-6-16(18)17-7-3-5-9-19(17)20/h2-9,12,15,20H,10-11,13-14H2,1H3,(H,27,34)(H,32,33). The van der Waals surface area contributed by atoms with Gasteiger partial charge in [0.1, 0.15) is 6.61 Å². The van der Waals surface area contributed by atoms with Crippen molar-refractivity contribution >= 4 is 23.7 Å². The number of hydrogen-bond acceptors (Lipinski definition) is 5. The van der Waals surface area contributed by atoms with Gasteiger partial charge in [-0.05, 0) is 34.6 Å². The van der Waals surface area contributed by atoms with E-state index in [1.165, 1.54) is 9.58 Å². The minimum absolute atomic E-state index is 0.0220. The molecule has 9 nitrogen and oxygen atoms in total. The predicted octanol–water partition coefficient (Wildman–Crippen LogP) is 3.33. The third kappa shape index (κ3) is 3.38. The van der Waals surface area contributed by atoms with Crippen LogP contribution in [0.25, 0.3) is 11.1 Å². The van der Waals surface area contributed by atoms with E-state index in [4.69, 9.17) is 4.74 Å². The number of carboxylic acids is 1. The molecular weight excluding hydrogens is 448 g/mol. The summed E-state index contributed by atoms with van der Waals surface area (Å²) in [4.78, 5) is 38.9. The van der Waals surface area contributed by atoms with Gasteiger partial charge in [-0.3, -0.25) is 19.6 Å². The van der Waals surface area contributed by atoms with E-state index in [0.717, 1.165) is 22.3 Å². The fourth-order valence-corrected chi connectivity index (χ4v) is 5.60. The number of carbonyl (C=O) groups excluding carboxylic acids is 2. The van der Waals surface area contributed by atoms with Crippen LogP contribution in [0.3, 0.4) is 0 Å². The first-order valence-corrected chi connectivity index (χ1v) is 11.6. The van der Waals surface area contributed by atoms with Gasteiger partial charge in [0.15, 0.2) is 5.69 Å². The number of piperidine rings is 1. The first-order chi connectivity index (χ1) is 16.9. The van der Waals surface area contributed by atoms with Crippen LogP contribution < -0.4 is 5.32 Å². The number of aromatic nitrogens is 2. The third-order valence-electron chi connectivity index (χ3n) is 7.47. The summed E-state index contributed by atoms with van der Waals surface area (Å²) in [6.45, 7) is 0.692. The molecule has 2 aliphatic carbocycles. The molecule has 1 aliphatic heterocycles. The number of nitrogens with one attached hydrogen (secondary N) is 1. The van der Waals surface area contributed by atoms with E-state index in [-0.39, 0.29) is 36.4 Å². The van der Waals surface area contributed by atoms with E-state index < -0.39 is 23.4 Å². The van der Waals surface area contributed by atoms with Crippen molar-refractivity contribution in [3.05, 3.63) is 71.5 Å². The van der Waals surface area contributed by atoms with Gasteiger partial charge in [-0.15, -0.1) is 0 Å². The molecule has 1 aromatic heterocycles. The minimum atomic E-state index is -0.865. The fourth-order valence-electron chi connectivity index (χ4n) is 5.60. The molecule has 2 N–H and O–H groups in total. The molecule has 2 heterocycles. The summed E-state index contributed by atoms with van der Waals surface area (Å²) in [6.07, 6.45) is 1.46. The smallest absolute Gasteiger partial charge is 0.411 e. The molecule has 3 aromatic rings. The molecule has 2 atom stereocenters. The van der Waals surface area contributed by atoms with E-state index in [1.54, 1.807) is 13.2 Å². The predicted molar refractivity (Wildman–Crippen MR) is 126 cm³/mol. The minimum Gasteiger partial charge on any atom is -0.481 e. The summed E-state index contributed by atoms with van der Waals surface area (Å²) in [5.74, 6) is -1.36. The molecule has 0 bridgehead atoms. The lowest BCUT2D eigenvalue weighted by Gasteiger charge is -2.19. The Balaban J connectivity index is 1.15. The van der Waals surface area contributed by atoms with Gasteiger partial charge in [0.25, 0.3) is 5.91 Å². The van der Waals surface area contributed by atoms with E-state index in [9.17, 15) is 19.5 Å². The Bertz CT molecular complexity index is 1340. The van der Waals surface area contributed by atoms with Gasteiger partial charge in [-0.25, -0.2) is 4.79 Å². The number of fused-ring (bicyclic) bond motifs is 4. The Morgan fingerprint density at radius 2 is 1.77 bits per heavy atom. The lowest BCUT2D eigenvalue weighted by molar-refractivity contribution is -0.143. The van der Waals surface area contributed by atoms with Crippen molar-refractivity contribution in [1.29, 1.82) is 0 Å². The highest BCUT2D eigenvalue weighted by Crippen LogP contribution is 2.58. The molecule has 1 saturated heterocycles. The van der Waals surface area contributed by atoms with E-state index >= 15 is 0 Å². The quantitative estimate of drug-likeness (QED) is 0.589. The Kier molecular flexibility index (Phi) is 4.70. The Morgan fingerprint density at radius 3 is 2.40 bits per heavy atom. The number of carbonyl (C=O) groups is 3. The summed E-state index contributed by atoms with van der Waals surface area (Å²) in [7, 11) is 1.65. The highest BCUT2D eigenvalue weighted by Gasteiger charge is 2.66. The topological polar surface area (TPSA) is 114 Å². The molecule has 0 spiro atoms. The Hall–Kier alpha value is -4.14. The summed E-state index contributed by atoms with van der Waals surface area (Å²) in [5.41, 5.74) is 3.98. The summed E-state index contributed by atoms with van der Waals surface area (Å²) in [5, 5.41) is 16.4. The number of benzene rings is 2. The van der Waals surface area contributed by atoms with Crippen LogP contribution in [-0.2, 0) is 16.6 Å². The number of aliphatic carboxylic acids is 1. The van der Waals surface area contributed by atoms with Crippen molar-refractivity contribution in [2.75, 3.05) is 25.0 Å². The highest BCUT2D eigenvalue weighted by atomic mass is 16.5. The molecule has 6 rings (SSSR count). The zero-order valence-electron chi connectivity index (χ0n) is 19.1. The first-order valence-electron chi connectivity index (χ1n) is 11.6. The number of rotatable bonds is 5. The first kappa shape index (κ1) is 21.4. The Morgan fingerprint density at radius 1 is 1.11 bits per heavy atom. The number of aryl methyl sites for hydroxylation is 1. The van der Waals surface area contributed by atoms with E-state index in [1.807, 2.05) is 36.4 Å². The van der Waals surface area contributed by atoms with Crippen LogP contribution in [0, 0.1) is 11.3 Å². The number of hydrogen-bond donors (Lipinski definition) is 2. The van der Waals surface area contributed by atoms with Gasteiger partial charge >= 0.3 is 12.1 Å². The van der Waals surface area contributed by atoms with Crippen molar-refractivity contribution in [2.24, 2.45) is 18.4 Å². The summed E-state index contributed by atoms with van der Waals surface area (Å²) < 4.78 is 7.04. The normalized spacial score (nSPS) is 21.7. The van der Waals surface area contributed by atoms with Crippen molar-refractivity contribution in [3.8, 4) is 11.1 Å². The number of likely N-dealkylation sites (tertiary alicyclic amines) is 1. The van der Waals surface area contributed by atoms with Crippen molar-refractivity contribution in [3.63, 3.8) is 0 Å². The van der Waals surface area contributed by atoms with Gasteiger partial charge in [-0.2, -0.15) is 5.10 Å². The number of amides is 2. The molecule has 178 valence electrons. The maximum atomic E-state index is 13.1. The van der Waals surface area contributed by atoms with Crippen LogP contribution in [0.1, 0.15) is 34.0 Å². The van der Waals surface area contributed by atoms with Gasteiger partial charge in [0.05, 0.1) is 11.1 Å². The van der Waals surface area contributed by atoms with Gasteiger partial charge in [0.2, 0.25) is 0 Å². The van der Waals surface area contributed by atoms with Gasteiger partial charge in [0, 0.05) is 32.3 Å². The number of nitrogens with zero attached hydrogens (tertiary/aromatic N) is 3. The number of ether oxygens (including phenoxy) is 1. The van der Waals surface area contributed by atoms with Crippen molar-refractivity contribution < 1.29 is 24.2 Å². The van der Waals surface area contributed by atoms with Crippen LogP contribution in [0.2, 0.25) is 0 Å². The van der Waals surface area contributed by atoms with Crippen LogP contribution in [0.15, 0.2) is 54.7 Å². The average molecular weight is 473 g/mol. The molecule has 2 unspecified atom stereocenters. The largest absolute Gasteiger partial charge is 0.481 e. The Labute approximate surface area is 201 Å². The lowest BCUT2D eigenvalue weighted by Crippen LogP contribution is -2.34. The zero-order valence-corrected chi connectivity index (χ0v) is 19.1. The fraction of sp³-hybridized carbons (Fsp3) is 0.308. The average Bonchev–Trinajstić information content (AvgIpc) is 3.12. The highest BCUT2D eigenvalue weighted by molar-refractivity contribution is 6.01. The van der Waals surface area contributed by atoms with Crippen molar-refractivity contribution in [1.82, 2.24) is 14.7 Å². The maximum Gasteiger partial charge on any atom is 0.411 e. The molecule has 35 heavy (non-hydrogen) atoms.